The highest BCUT2D eigenvalue weighted by Gasteiger charge is 2.07. The molecule has 0 aliphatic rings. The summed E-state index contributed by atoms with van der Waals surface area (Å²) in [6, 6.07) is 12.3. The quantitative estimate of drug-likeness (QED) is 0.745. The van der Waals surface area contributed by atoms with Gasteiger partial charge in [-0.15, -0.1) is 0 Å². The van der Waals surface area contributed by atoms with E-state index in [9.17, 15) is 4.79 Å². The number of nitrogens with one attached hydrogen (secondary N) is 2. The molecular weight excluding hydrogens is 307 g/mol. The van der Waals surface area contributed by atoms with Gasteiger partial charge in [0, 0.05) is 21.3 Å². The summed E-state index contributed by atoms with van der Waals surface area (Å²) >= 11 is 11.9. The van der Waals surface area contributed by atoms with E-state index in [0.29, 0.717) is 32.8 Å². The Hall–Kier alpha value is -1.97. The van der Waals surface area contributed by atoms with Crippen LogP contribution in [0.15, 0.2) is 54.9 Å². The van der Waals surface area contributed by atoms with Gasteiger partial charge in [0.05, 0.1) is 5.69 Å². The fraction of sp³-hybridized carbons (Fsp3) is 0.0625. The predicted molar refractivity (Wildman–Crippen MR) is 89.3 cm³/mol. The molecule has 2 aromatic rings. The Morgan fingerprint density at radius 3 is 2.29 bits per heavy atom. The molecule has 0 saturated heterocycles. The van der Waals surface area contributed by atoms with Gasteiger partial charge in [0.1, 0.15) is 5.82 Å². The highest BCUT2D eigenvalue weighted by molar-refractivity contribution is 6.35. The van der Waals surface area contributed by atoms with E-state index in [1.54, 1.807) is 24.3 Å². The topological polar surface area (TPSA) is 41.1 Å². The number of rotatable bonds is 5. The van der Waals surface area contributed by atoms with Crippen LogP contribution < -0.4 is 10.6 Å². The fourth-order valence-electron chi connectivity index (χ4n) is 1.89. The van der Waals surface area contributed by atoms with Gasteiger partial charge in [-0.05, 0) is 37.3 Å². The lowest BCUT2D eigenvalue weighted by atomic mass is 10.1. The molecule has 0 spiro atoms. The highest BCUT2D eigenvalue weighted by atomic mass is 35.5. The van der Waals surface area contributed by atoms with E-state index in [1.165, 1.54) is 6.92 Å². The SMILES string of the molecule is C=C(Nc1cc(Cl)cc(Cl)c1)Nc1ccccc1C(C)=O. The number of hydrogen-bond donors (Lipinski definition) is 2. The van der Waals surface area contributed by atoms with Gasteiger partial charge < -0.3 is 10.6 Å². The van der Waals surface area contributed by atoms with Crippen molar-refractivity contribution in [1.29, 1.82) is 0 Å². The van der Waals surface area contributed by atoms with Crippen molar-refractivity contribution in [1.82, 2.24) is 0 Å². The minimum Gasteiger partial charge on any atom is -0.342 e. The Morgan fingerprint density at radius 1 is 1.05 bits per heavy atom. The third-order valence-corrected chi connectivity index (χ3v) is 3.19. The zero-order valence-electron chi connectivity index (χ0n) is 11.4. The van der Waals surface area contributed by atoms with Crippen LogP contribution in [0.3, 0.4) is 0 Å². The van der Waals surface area contributed by atoms with Crippen LogP contribution >= 0.6 is 23.2 Å². The average Bonchev–Trinajstić information content (AvgIpc) is 2.37. The lowest BCUT2D eigenvalue weighted by Gasteiger charge is -2.14. The van der Waals surface area contributed by atoms with Crippen molar-refractivity contribution in [3.8, 4) is 0 Å². The minimum absolute atomic E-state index is 0.0169. The number of halogens is 2. The zero-order valence-corrected chi connectivity index (χ0v) is 12.9. The molecule has 0 amide bonds. The molecule has 0 aliphatic heterocycles. The van der Waals surface area contributed by atoms with E-state index in [0.717, 1.165) is 0 Å². The van der Waals surface area contributed by atoms with Crippen LogP contribution in [0.25, 0.3) is 0 Å². The Morgan fingerprint density at radius 2 is 1.67 bits per heavy atom. The standard InChI is InChI=1S/C16H14Cl2N2O/c1-10(21)15-5-3-4-6-16(15)20-11(2)19-14-8-12(17)7-13(18)9-14/h3-9,19-20H,2H2,1H3. The summed E-state index contributed by atoms with van der Waals surface area (Å²) in [5, 5.41) is 7.18. The number of ketones is 1. The first-order valence-corrected chi connectivity index (χ1v) is 7.00. The van der Waals surface area contributed by atoms with Crippen LogP contribution in [0.5, 0.6) is 0 Å². The summed E-state index contributed by atoms with van der Waals surface area (Å²) in [7, 11) is 0. The van der Waals surface area contributed by atoms with E-state index in [4.69, 9.17) is 23.2 Å². The second kappa shape index (κ2) is 6.66. The molecule has 2 rings (SSSR count). The minimum atomic E-state index is -0.0169. The lowest BCUT2D eigenvalue weighted by Crippen LogP contribution is -2.10. The van der Waals surface area contributed by atoms with Crippen LogP contribution in [-0.2, 0) is 0 Å². The van der Waals surface area contributed by atoms with Gasteiger partial charge in [-0.3, -0.25) is 4.79 Å². The molecule has 0 radical (unpaired) electrons. The van der Waals surface area contributed by atoms with Gasteiger partial charge >= 0.3 is 0 Å². The van der Waals surface area contributed by atoms with Crippen molar-refractivity contribution in [2.75, 3.05) is 10.6 Å². The summed E-state index contributed by atoms with van der Waals surface area (Å²) in [5.74, 6) is 0.499. The van der Waals surface area contributed by atoms with Gasteiger partial charge in [-0.2, -0.15) is 0 Å². The molecule has 0 aliphatic carbocycles. The van der Waals surface area contributed by atoms with Crippen LogP contribution in [-0.4, -0.2) is 5.78 Å². The van der Waals surface area contributed by atoms with Crippen LogP contribution in [0.1, 0.15) is 17.3 Å². The second-order valence-corrected chi connectivity index (χ2v) is 5.36. The van der Waals surface area contributed by atoms with Gasteiger partial charge in [-0.25, -0.2) is 0 Å². The van der Waals surface area contributed by atoms with Crippen molar-refractivity contribution >= 4 is 40.4 Å². The normalized spacial score (nSPS) is 10.0. The number of carbonyl (C=O) groups excluding carboxylic acids is 1. The molecule has 108 valence electrons. The molecule has 0 aromatic heterocycles. The molecule has 0 atom stereocenters. The Balaban J connectivity index is 2.14. The van der Waals surface area contributed by atoms with E-state index in [1.807, 2.05) is 18.2 Å². The monoisotopic (exact) mass is 320 g/mol. The maximum atomic E-state index is 11.6. The molecule has 5 heteroatoms. The maximum absolute atomic E-state index is 11.6. The van der Waals surface area contributed by atoms with Crippen molar-refractivity contribution in [3.05, 3.63) is 70.5 Å². The first-order chi connectivity index (χ1) is 9.95. The third kappa shape index (κ3) is 4.25. The Kier molecular flexibility index (Phi) is 4.89. The lowest BCUT2D eigenvalue weighted by molar-refractivity contribution is 0.101. The van der Waals surface area contributed by atoms with E-state index >= 15 is 0 Å². The fourth-order valence-corrected chi connectivity index (χ4v) is 2.42. The van der Waals surface area contributed by atoms with E-state index in [2.05, 4.69) is 17.2 Å². The molecule has 0 fully saturated rings. The molecule has 0 bridgehead atoms. The highest BCUT2D eigenvalue weighted by Crippen LogP contribution is 2.24. The van der Waals surface area contributed by atoms with Gasteiger partial charge in [0.25, 0.3) is 0 Å². The van der Waals surface area contributed by atoms with Crippen molar-refractivity contribution < 1.29 is 4.79 Å². The third-order valence-electron chi connectivity index (χ3n) is 2.75. The molecule has 2 N–H and O–H groups in total. The first kappa shape index (κ1) is 15.4. The summed E-state index contributed by atoms with van der Waals surface area (Å²) in [6.45, 7) is 5.41. The number of para-hydroxylation sites is 1. The number of Topliss-reactive ketones (excluding diaryl/α,β-unsaturated/α-hetero) is 1. The number of carbonyl (C=O) groups is 1. The summed E-state index contributed by atoms with van der Waals surface area (Å²) in [6.07, 6.45) is 0. The van der Waals surface area contributed by atoms with Crippen LogP contribution in [0.2, 0.25) is 10.0 Å². The summed E-state index contributed by atoms with van der Waals surface area (Å²) < 4.78 is 0. The molecule has 21 heavy (non-hydrogen) atoms. The van der Waals surface area contributed by atoms with Crippen molar-refractivity contribution in [2.24, 2.45) is 0 Å². The Bertz CT molecular complexity index is 678. The molecule has 2 aromatic carbocycles. The number of benzene rings is 2. The van der Waals surface area contributed by atoms with Gasteiger partial charge in [0.15, 0.2) is 5.78 Å². The largest absolute Gasteiger partial charge is 0.342 e. The molecule has 3 nitrogen and oxygen atoms in total. The molecule has 0 saturated carbocycles. The second-order valence-electron chi connectivity index (χ2n) is 4.49. The van der Waals surface area contributed by atoms with Crippen molar-refractivity contribution in [2.45, 2.75) is 6.92 Å². The smallest absolute Gasteiger partial charge is 0.161 e. The molecule has 0 heterocycles. The van der Waals surface area contributed by atoms with Crippen molar-refractivity contribution in [3.63, 3.8) is 0 Å². The summed E-state index contributed by atoms with van der Waals surface area (Å²) in [5.41, 5.74) is 2.01. The Labute approximate surface area is 133 Å². The van der Waals surface area contributed by atoms with E-state index < -0.39 is 0 Å². The number of hydrogen-bond acceptors (Lipinski definition) is 3. The van der Waals surface area contributed by atoms with Crippen LogP contribution in [0.4, 0.5) is 11.4 Å². The van der Waals surface area contributed by atoms with Gasteiger partial charge in [-0.1, -0.05) is 41.9 Å². The molecular formula is C16H14Cl2N2O. The van der Waals surface area contributed by atoms with Crippen LogP contribution in [0, 0.1) is 0 Å². The summed E-state index contributed by atoms with van der Waals surface area (Å²) in [4.78, 5) is 11.6. The van der Waals surface area contributed by atoms with Gasteiger partial charge in [0.2, 0.25) is 0 Å². The van der Waals surface area contributed by atoms with E-state index in [-0.39, 0.29) is 5.78 Å². The average molecular weight is 321 g/mol. The number of anilines is 2. The maximum Gasteiger partial charge on any atom is 0.161 e. The zero-order chi connectivity index (χ0) is 15.4. The molecule has 0 unspecified atom stereocenters. The predicted octanol–water partition coefficient (Wildman–Crippen LogP) is 5.19. The first-order valence-electron chi connectivity index (χ1n) is 6.25.